The summed E-state index contributed by atoms with van der Waals surface area (Å²) < 4.78 is 0. The fourth-order valence-electron chi connectivity index (χ4n) is 2.59. The molecule has 1 heterocycles. The lowest BCUT2D eigenvalue weighted by Crippen LogP contribution is -2.57. The molecule has 2 N–H and O–H groups in total. The van der Waals surface area contributed by atoms with Gasteiger partial charge in [0.1, 0.15) is 6.04 Å². The second-order valence-corrected chi connectivity index (χ2v) is 4.87. The number of carbonyl (C=O) groups is 2. The highest BCUT2D eigenvalue weighted by Crippen LogP contribution is 2.19. The van der Waals surface area contributed by atoms with E-state index in [1.807, 2.05) is 0 Å². The van der Waals surface area contributed by atoms with Crippen molar-refractivity contribution in [3.05, 3.63) is 0 Å². The van der Waals surface area contributed by atoms with Crippen LogP contribution < -0.4 is 5.32 Å². The van der Waals surface area contributed by atoms with Crippen LogP contribution in [0.1, 0.15) is 39.5 Å². The molecule has 0 aromatic rings. The van der Waals surface area contributed by atoms with E-state index in [0.29, 0.717) is 19.6 Å². The number of rotatable bonds is 6. The Labute approximate surface area is 109 Å². The van der Waals surface area contributed by atoms with Crippen molar-refractivity contribution in [3.8, 4) is 0 Å². The molecule has 1 rings (SSSR count). The average Bonchev–Trinajstić information content (AvgIpc) is 2.37. The van der Waals surface area contributed by atoms with Crippen LogP contribution in [0.15, 0.2) is 0 Å². The second-order valence-electron chi connectivity index (χ2n) is 4.87. The number of nitrogens with zero attached hydrogens (tertiary/aromatic N) is 1. The third-order valence-corrected chi connectivity index (χ3v) is 3.49. The van der Waals surface area contributed by atoms with Crippen molar-refractivity contribution >= 4 is 11.9 Å². The largest absolute Gasteiger partial charge is 0.465 e. The lowest BCUT2D eigenvalue weighted by Gasteiger charge is -2.35. The summed E-state index contributed by atoms with van der Waals surface area (Å²) in [5, 5.41) is 12.3. The number of Topliss-reactive ketones (excluding diaryl/α,β-unsaturated/α-hetero) is 1. The van der Waals surface area contributed by atoms with E-state index in [4.69, 9.17) is 5.11 Å². The van der Waals surface area contributed by atoms with Gasteiger partial charge in [0.05, 0.1) is 0 Å². The quantitative estimate of drug-likeness (QED) is 0.759. The first-order valence-electron chi connectivity index (χ1n) is 6.85. The Morgan fingerprint density at radius 3 is 2.44 bits per heavy atom. The van der Waals surface area contributed by atoms with Gasteiger partial charge in [0.2, 0.25) is 0 Å². The third-order valence-electron chi connectivity index (χ3n) is 3.49. The molecule has 1 atom stereocenters. The highest BCUT2D eigenvalue weighted by molar-refractivity contribution is 5.89. The van der Waals surface area contributed by atoms with Gasteiger partial charge in [0, 0.05) is 25.6 Å². The summed E-state index contributed by atoms with van der Waals surface area (Å²) in [5.74, 6) is 0.0973. The molecule has 0 bridgehead atoms. The predicted octanol–water partition coefficient (Wildman–Crippen LogP) is 1.72. The van der Waals surface area contributed by atoms with Crippen LogP contribution in [0.5, 0.6) is 0 Å². The molecule has 18 heavy (non-hydrogen) atoms. The SMILES string of the molecule is CCCC(CCC)C(=O)C1CNCCN1C(=O)O. The van der Waals surface area contributed by atoms with E-state index >= 15 is 0 Å². The molecule has 1 aliphatic rings. The highest BCUT2D eigenvalue weighted by atomic mass is 16.4. The van der Waals surface area contributed by atoms with Gasteiger partial charge >= 0.3 is 6.09 Å². The monoisotopic (exact) mass is 256 g/mol. The molecule has 5 heteroatoms. The molecule has 1 saturated heterocycles. The van der Waals surface area contributed by atoms with E-state index in [1.165, 1.54) is 4.90 Å². The van der Waals surface area contributed by atoms with Gasteiger partial charge in [-0.15, -0.1) is 0 Å². The van der Waals surface area contributed by atoms with E-state index in [0.717, 1.165) is 25.7 Å². The van der Waals surface area contributed by atoms with Crippen molar-refractivity contribution in [3.63, 3.8) is 0 Å². The summed E-state index contributed by atoms with van der Waals surface area (Å²) in [6.07, 6.45) is 2.65. The fourth-order valence-corrected chi connectivity index (χ4v) is 2.59. The first-order chi connectivity index (χ1) is 8.61. The Hall–Kier alpha value is -1.10. The first-order valence-corrected chi connectivity index (χ1v) is 6.85. The average molecular weight is 256 g/mol. The van der Waals surface area contributed by atoms with Crippen LogP contribution in [-0.4, -0.2) is 47.6 Å². The number of nitrogens with one attached hydrogen (secondary N) is 1. The zero-order valence-corrected chi connectivity index (χ0v) is 11.3. The molecule has 1 amide bonds. The first kappa shape index (κ1) is 15.0. The summed E-state index contributed by atoms with van der Waals surface area (Å²) in [6, 6.07) is -0.501. The smallest absolute Gasteiger partial charge is 0.408 e. The zero-order chi connectivity index (χ0) is 13.5. The molecule has 0 aromatic heterocycles. The Balaban J connectivity index is 2.73. The number of hydrogen-bond donors (Lipinski definition) is 2. The maximum atomic E-state index is 12.4. The minimum absolute atomic E-state index is 0.00625. The van der Waals surface area contributed by atoms with E-state index in [-0.39, 0.29) is 11.7 Å². The predicted molar refractivity (Wildman–Crippen MR) is 69.7 cm³/mol. The van der Waals surface area contributed by atoms with E-state index in [1.54, 1.807) is 0 Å². The number of amides is 1. The third kappa shape index (κ3) is 3.70. The van der Waals surface area contributed by atoms with Gasteiger partial charge in [-0.05, 0) is 12.8 Å². The Morgan fingerprint density at radius 2 is 1.94 bits per heavy atom. The van der Waals surface area contributed by atoms with Gasteiger partial charge in [-0.25, -0.2) is 4.79 Å². The molecule has 1 unspecified atom stereocenters. The van der Waals surface area contributed by atoms with Crippen LogP contribution in [-0.2, 0) is 4.79 Å². The number of piperazine rings is 1. The number of carboxylic acid groups (broad SMARTS) is 1. The summed E-state index contributed by atoms with van der Waals surface area (Å²) in [4.78, 5) is 24.9. The van der Waals surface area contributed by atoms with Crippen LogP contribution in [0.25, 0.3) is 0 Å². The van der Waals surface area contributed by atoms with E-state index in [9.17, 15) is 9.59 Å². The maximum Gasteiger partial charge on any atom is 0.408 e. The topological polar surface area (TPSA) is 69.6 Å². The number of hydrogen-bond acceptors (Lipinski definition) is 3. The Bertz CT molecular complexity index is 288. The van der Waals surface area contributed by atoms with Crippen molar-refractivity contribution in [1.82, 2.24) is 10.2 Å². The molecule has 5 nitrogen and oxygen atoms in total. The molecule has 1 fully saturated rings. The molecule has 1 aliphatic heterocycles. The molecule has 0 saturated carbocycles. The normalized spacial score (nSPS) is 20.2. The van der Waals surface area contributed by atoms with Crippen molar-refractivity contribution in [2.24, 2.45) is 5.92 Å². The number of carbonyl (C=O) groups excluding carboxylic acids is 1. The maximum absolute atomic E-state index is 12.4. The van der Waals surface area contributed by atoms with Crippen LogP contribution >= 0.6 is 0 Å². The molecular formula is C13H24N2O3. The zero-order valence-electron chi connectivity index (χ0n) is 11.3. The van der Waals surface area contributed by atoms with Crippen LogP contribution in [0.3, 0.4) is 0 Å². The summed E-state index contributed by atoms with van der Waals surface area (Å²) >= 11 is 0. The van der Waals surface area contributed by atoms with Gasteiger partial charge in [-0.2, -0.15) is 0 Å². The molecular weight excluding hydrogens is 232 g/mol. The molecule has 0 spiro atoms. The van der Waals surface area contributed by atoms with Gasteiger partial charge in [-0.3, -0.25) is 9.69 Å². The van der Waals surface area contributed by atoms with Crippen LogP contribution in [0.4, 0.5) is 4.79 Å². The van der Waals surface area contributed by atoms with Gasteiger partial charge < -0.3 is 10.4 Å². The summed E-state index contributed by atoms with van der Waals surface area (Å²) in [5.41, 5.74) is 0. The summed E-state index contributed by atoms with van der Waals surface area (Å²) in [6.45, 7) is 5.60. The van der Waals surface area contributed by atoms with Crippen molar-refractivity contribution < 1.29 is 14.7 Å². The van der Waals surface area contributed by atoms with Crippen molar-refractivity contribution in [2.75, 3.05) is 19.6 Å². The standard InChI is InChI=1S/C13H24N2O3/c1-3-5-10(6-4-2)12(16)11-9-14-7-8-15(11)13(17)18/h10-11,14H,3-9H2,1-2H3,(H,17,18). The van der Waals surface area contributed by atoms with Gasteiger partial charge in [-0.1, -0.05) is 26.7 Å². The van der Waals surface area contributed by atoms with E-state index in [2.05, 4.69) is 19.2 Å². The minimum Gasteiger partial charge on any atom is -0.465 e. The number of ketones is 1. The fraction of sp³-hybridized carbons (Fsp3) is 0.846. The second kappa shape index (κ2) is 7.36. The molecule has 0 radical (unpaired) electrons. The Morgan fingerprint density at radius 1 is 1.33 bits per heavy atom. The van der Waals surface area contributed by atoms with Crippen LogP contribution in [0.2, 0.25) is 0 Å². The summed E-state index contributed by atoms with van der Waals surface area (Å²) in [7, 11) is 0. The van der Waals surface area contributed by atoms with Gasteiger partial charge in [0.25, 0.3) is 0 Å². The van der Waals surface area contributed by atoms with Crippen molar-refractivity contribution in [2.45, 2.75) is 45.6 Å². The lowest BCUT2D eigenvalue weighted by molar-refractivity contribution is -0.128. The van der Waals surface area contributed by atoms with E-state index < -0.39 is 12.1 Å². The minimum atomic E-state index is -0.985. The van der Waals surface area contributed by atoms with Gasteiger partial charge in [0.15, 0.2) is 5.78 Å². The highest BCUT2D eigenvalue weighted by Gasteiger charge is 2.34. The van der Waals surface area contributed by atoms with Crippen molar-refractivity contribution in [1.29, 1.82) is 0 Å². The molecule has 0 aromatic carbocycles. The lowest BCUT2D eigenvalue weighted by atomic mass is 9.88. The molecule has 104 valence electrons. The Kier molecular flexibility index (Phi) is 6.12. The van der Waals surface area contributed by atoms with Crippen LogP contribution in [0, 0.1) is 5.92 Å². The molecule has 0 aliphatic carbocycles.